The van der Waals surface area contributed by atoms with E-state index < -0.39 is 0 Å². The van der Waals surface area contributed by atoms with E-state index >= 15 is 0 Å². The summed E-state index contributed by atoms with van der Waals surface area (Å²) in [5.74, 6) is 0.817. The van der Waals surface area contributed by atoms with Crippen molar-refractivity contribution in [2.75, 3.05) is 5.75 Å². The quantitative estimate of drug-likeness (QED) is 0.777. The fourth-order valence-corrected chi connectivity index (χ4v) is 2.07. The van der Waals surface area contributed by atoms with Gasteiger partial charge in [-0.1, -0.05) is 32.5 Å². The Morgan fingerprint density at radius 3 is 2.71 bits per heavy atom. The van der Waals surface area contributed by atoms with Crippen molar-refractivity contribution >= 4 is 22.8 Å². The number of rotatable bonds is 3. The second kappa shape index (κ2) is 4.34. The van der Waals surface area contributed by atoms with Crippen LogP contribution < -0.4 is 5.32 Å². The average molecular weight is 215 g/mol. The number of hydrogen-bond donors (Lipinski definition) is 1. The van der Waals surface area contributed by atoms with Gasteiger partial charge in [-0.2, -0.15) is 0 Å². The third-order valence-electron chi connectivity index (χ3n) is 2.74. The lowest BCUT2D eigenvalue weighted by Crippen LogP contribution is -2.44. The Balaban J connectivity index is 2.52. The highest BCUT2D eigenvalue weighted by atomic mass is 32.2. The summed E-state index contributed by atoms with van der Waals surface area (Å²) in [4.78, 5) is 23.0. The van der Waals surface area contributed by atoms with E-state index in [1.807, 2.05) is 20.8 Å². The predicted molar refractivity (Wildman–Crippen MR) is 58.1 cm³/mol. The summed E-state index contributed by atoms with van der Waals surface area (Å²) in [6, 6.07) is -0.252. The number of carbonyl (C=O) groups is 2. The van der Waals surface area contributed by atoms with Crippen LogP contribution in [0.4, 0.5) is 0 Å². The molecule has 0 saturated carbocycles. The fourth-order valence-electron chi connectivity index (χ4n) is 1.14. The first-order valence-corrected chi connectivity index (χ1v) is 5.93. The topological polar surface area (TPSA) is 46.2 Å². The van der Waals surface area contributed by atoms with Crippen LogP contribution in [0.25, 0.3) is 0 Å². The number of hydrogen-bond acceptors (Lipinski definition) is 3. The maximum atomic E-state index is 11.7. The summed E-state index contributed by atoms with van der Waals surface area (Å²) < 4.78 is 0. The molecule has 1 aliphatic heterocycles. The van der Waals surface area contributed by atoms with Gasteiger partial charge in [0.05, 0.1) is 6.04 Å². The molecule has 1 fully saturated rings. The first kappa shape index (κ1) is 11.6. The minimum atomic E-state index is -0.368. The zero-order chi connectivity index (χ0) is 10.8. The molecule has 1 N–H and O–H groups in total. The van der Waals surface area contributed by atoms with E-state index in [1.54, 1.807) is 0 Å². The Kier molecular flexibility index (Phi) is 3.59. The van der Waals surface area contributed by atoms with Crippen LogP contribution in [0.15, 0.2) is 0 Å². The standard InChI is InChI=1S/C10H17NO2S/c1-4-10(2,3)9(13)11-7-5-6-14-8(7)12/h7H,4-6H2,1-3H3,(H,11,13)/t7-/m1/s1. The Labute approximate surface area is 89.0 Å². The third-order valence-corrected chi connectivity index (χ3v) is 3.75. The molecule has 0 unspecified atom stereocenters. The molecule has 1 rings (SSSR count). The van der Waals surface area contributed by atoms with Crippen molar-refractivity contribution in [1.29, 1.82) is 0 Å². The van der Waals surface area contributed by atoms with Crippen molar-refractivity contribution < 1.29 is 9.59 Å². The molecule has 0 radical (unpaired) electrons. The van der Waals surface area contributed by atoms with Crippen LogP contribution in [0.3, 0.4) is 0 Å². The molecule has 3 nitrogen and oxygen atoms in total. The van der Waals surface area contributed by atoms with Crippen LogP contribution in [0.2, 0.25) is 0 Å². The first-order chi connectivity index (χ1) is 6.47. The largest absolute Gasteiger partial charge is 0.345 e. The molecule has 0 aromatic heterocycles. The molecule has 0 aromatic rings. The van der Waals surface area contributed by atoms with Gasteiger partial charge in [-0.3, -0.25) is 9.59 Å². The van der Waals surface area contributed by atoms with E-state index in [1.165, 1.54) is 11.8 Å². The molecule has 80 valence electrons. The van der Waals surface area contributed by atoms with Gasteiger partial charge in [-0.15, -0.1) is 0 Å². The number of amides is 1. The van der Waals surface area contributed by atoms with Crippen LogP contribution in [-0.2, 0) is 9.59 Å². The highest BCUT2D eigenvalue weighted by Crippen LogP contribution is 2.23. The summed E-state index contributed by atoms with van der Waals surface area (Å²) in [5.41, 5.74) is -0.368. The maximum absolute atomic E-state index is 11.7. The van der Waals surface area contributed by atoms with E-state index in [0.717, 1.165) is 18.6 Å². The molecule has 1 amide bonds. The van der Waals surface area contributed by atoms with Crippen LogP contribution in [0, 0.1) is 5.41 Å². The Bertz CT molecular complexity index is 251. The summed E-state index contributed by atoms with van der Waals surface area (Å²) in [7, 11) is 0. The Morgan fingerprint density at radius 2 is 2.29 bits per heavy atom. The van der Waals surface area contributed by atoms with Crippen LogP contribution in [0.1, 0.15) is 33.6 Å². The molecule has 14 heavy (non-hydrogen) atoms. The number of nitrogens with one attached hydrogen (secondary N) is 1. The van der Waals surface area contributed by atoms with E-state index in [-0.39, 0.29) is 22.5 Å². The van der Waals surface area contributed by atoms with E-state index in [4.69, 9.17) is 0 Å². The van der Waals surface area contributed by atoms with Crippen LogP contribution >= 0.6 is 11.8 Å². The van der Waals surface area contributed by atoms with Gasteiger partial charge < -0.3 is 5.32 Å². The van der Waals surface area contributed by atoms with Crippen molar-refractivity contribution in [3.63, 3.8) is 0 Å². The van der Waals surface area contributed by atoms with Crippen molar-refractivity contribution in [3.05, 3.63) is 0 Å². The average Bonchev–Trinajstić information content (AvgIpc) is 2.52. The lowest BCUT2D eigenvalue weighted by molar-refractivity contribution is -0.131. The molecule has 1 heterocycles. The summed E-state index contributed by atoms with van der Waals surface area (Å²) in [6.07, 6.45) is 1.56. The van der Waals surface area contributed by atoms with Crippen LogP contribution in [-0.4, -0.2) is 22.8 Å². The number of thioether (sulfide) groups is 1. The predicted octanol–water partition coefficient (Wildman–Crippen LogP) is 1.57. The molecule has 1 atom stereocenters. The number of carbonyl (C=O) groups excluding carboxylic acids is 2. The first-order valence-electron chi connectivity index (χ1n) is 4.95. The molecule has 0 spiro atoms. The van der Waals surface area contributed by atoms with Gasteiger partial charge in [-0.25, -0.2) is 0 Å². The van der Waals surface area contributed by atoms with E-state index in [0.29, 0.717) is 0 Å². The lowest BCUT2D eigenvalue weighted by atomic mass is 9.89. The zero-order valence-corrected chi connectivity index (χ0v) is 9.74. The molecule has 4 heteroatoms. The molecular weight excluding hydrogens is 198 g/mol. The monoisotopic (exact) mass is 215 g/mol. The zero-order valence-electron chi connectivity index (χ0n) is 8.92. The minimum absolute atomic E-state index is 0.0131. The van der Waals surface area contributed by atoms with Crippen LogP contribution in [0.5, 0.6) is 0 Å². The molecule has 0 aromatic carbocycles. The molecular formula is C10H17NO2S. The highest BCUT2D eigenvalue weighted by Gasteiger charge is 2.32. The second-order valence-electron chi connectivity index (χ2n) is 4.22. The van der Waals surface area contributed by atoms with Gasteiger partial charge in [-0.05, 0) is 12.8 Å². The summed E-state index contributed by atoms with van der Waals surface area (Å²) >= 11 is 1.31. The fraction of sp³-hybridized carbons (Fsp3) is 0.800. The van der Waals surface area contributed by atoms with Crippen molar-refractivity contribution in [3.8, 4) is 0 Å². The Hall–Kier alpha value is -0.510. The highest BCUT2D eigenvalue weighted by molar-refractivity contribution is 8.14. The minimum Gasteiger partial charge on any atom is -0.345 e. The van der Waals surface area contributed by atoms with Gasteiger partial charge in [0.2, 0.25) is 11.0 Å². The summed E-state index contributed by atoms with van der Waals surface area (Å²) in [6.45, 7) is 5.77. The molecule has 0 bridgehead atoms. The van der Waals surface area contributed by atoms with Crippen molar-refractivity contribution in [2.24, 2.45) is 5.41 Å². The van der Waals surface area contributed by atoms with Gasteiger partial charge in [0.25, 0.3) is 0 Å². The van der Waals surface area contributed by atoms with Crippen molar-refractivity contribution in [1.82, 2.24) is 5.32 Å². The SMILES string of the molecule is CCC(C)(C)C(=O)N[C@@H]1CCSC1=O. The summed E-state index contributed by atoms with van der Waals surface area (Å²) in [5, 5.41) is 2.91. The van der Waals surface area contributed by atoms with E-state index in [9.17, 15) is 9.59 Å². The second-order valence-corrected chi connectivity index (χ2v) is 5.32. The maximum Gasteiger partial charge on any atom is 0.226 e. The van der Waals surface area contributed by atoms with Gasteiger partial charge in [0.1, 0.15) is 0 Å². The smallest absolute Gasteiger partial charge is 0.226 e. The van der Waals surface area contributed by atoms with Gasteiger partial charge in [0.15, 0.2) is 0 Å². The molecule has 0 aliphatic carbocycles. The molecule has 1 saturated heterocycles. The van der Waals surface area contributed by atoms with Gasteiger partial charge >= 0.3 is 0 Å². The van der Waals surface area contributed by atoms with Gasteiger partial charge in [0, 0.05) is 11.2 Å². The Morgan fingerprint density at radius 1 is 1.64 bits per heavy atom. The third kappa shape index (κ3) is 2.50. The molecule has 1 aliphatic rings. The van der Waals surface area contributed by atoms with E-state index in [2.05, 4.69) is 5.32 Å². The normalized spacial score (nSPS) is 22.5. The van der Waals surface area contributed by atoms with Crippen molar-refractivity contribution in [2.45, 2.75) is 39.7 Å². The lowest BCUT2D eigenvalue weighted by Gasteiger charge is -2.23.